The van der Waals surface area contributed by atoms with Gasteiger partial charge in [0.1, 0.15) is 0 Å². The van der Waals surface area contributed by atoms with Crippen molar-refractivity contribution in [3.8, 4) is 0 Å². The van der Waals surface area contributed by atoms with Gasteiger partial charge in [-0.1, -0.05) is 0 Å². The van der Waals surface area contributed by atoms with Crippen LogP contribution in [0.4, 0.5) is 4.79 Å². The molecule has 1 fully saturated rings. The van der Waals surface area contributed by atoms with E-state index in [0.29, 0.717) is 29.0 Å². The number of carbonyl (C=O) groups excluding carboxylic acids is 1. The summed E-state index contributed by atoms with van der Waals surface area (Å²) in [6.07, 6.45) is 5.40. The van der Waals surface area contributed by atoms with E-state index in [2.05, 4.69) is 4.37 Å². The molecule has 8 nitrogen and oxygen atoms in total. The summed E-state index contributed by atoms with van der Waals surface area (Å²) in [4.78, 5) is 15.7. The molecule has 2 aliphatic rings. The Hall–Kier alpha value is -3.66. The van der Waals surface area contributed by atoms with Gasteiger partial charge in [0.05, 0.1) is 0 Å². The number of nitrogens with zero attached hydrogens (tertiary/aromatic N) is 3. The fraction of sp³-hybridized carbons (Fsp3) is 0.133. The number of carbonyl (C=O) groups is 1. The van der Waals surface area contributed by atoms with Gasteiger partial charge in [-0.25, -0.2) is 0 Å². The molecular formula is C30H28N3O5PS2. The molecule has 1 aromatic heterocycles. The first-order chi connectivity index (χ1) is 19.9. The van der Waals surface area contributed by atoms with Crippen molar-refractivity contribution in [2.75, 3.05) is 13.1 Å². The number of hydroxylamine groups is 2. The van der Waals surface area contributed by atoms with Crippen LogP contribution in [0.2, 0.25) is 0 Å². The van der Waals surface area contributed by atoms with Crippen molar-refractivity contribution in [1.82, 2.24) is 14.3 Å². The molecule has 3 aromatic carbocycles. The van der Waals surface area contributed by atoms with Gasteiger partial charge in [0.15, 0.2) is 0 Å². The normalized spacial score (nSPS) is 18.4. The molecule has 0 radical (unpaired) electrons. The van der Waals surface area contributed by atoms with Crippen molar-refractivity contribution in [2.24, 2.45) is 0 Å². The number of hydrogen-bond donors (Lipinski definition) is 0. The number of urea groups is 1. The van der Waals surface area contributed by atoms with E-state index in [1.165, 1.54) is 11.5 Å². The van der Waals surface area contributed by atoms with Crippen LogP contribution in [0.25, 0.3) is 5.57 Å². The molecule has 1 saturated heterocycles. The van der Waals surface area contributed by atoms with Crippen LogP contribution in [0.1, 0.15) is 11.8 Å². The van der Waals surface area contributed by atoms with Crippen LogP contribution in [-0.2, 0) is 18.7 Å². The molecule has 2 aliphatic heterocycles. The zero-order valence-corrected chi connectivity index (χ0v) is 24.7. The van der Waals surface area contributed by atoms with Crippen LogP contribution in [0.5, 0.6) is 0 Å². The Morgan fingerprint density at radius 3 is 1.95 bits per heavy atom. The molecular weight excluding hydrogens is 577 g/mol. The molecule has 3 heterocycles. The van der Waals surface area contributed by atoms with E-state index in [1.54, 1.807) is 11.1 Å². The Bertz CT molecular complexity index is 1610. The average Bonchev–Trinajstić information content (AvgIpc) is 3.62. The maximum atomic E-state index is 14.2. The Kier molecular flexibility index (Phi) is 7.13. The number of allylic oxidation sites excluding steroid dienone is 1. The molecule has 0 saturated carbocycles. The summed E-state index contributed by atoms with van der Waals surface area (Å²) in [5, 5.41) is 2.93. The number of amides is 2. The summed E-state index contributed by atoms with van der Waals surface area (Å²) < 4.78 is 44.9. The molecule has 0 spiro atoms. The van der Waals surface area contributed by atoms with Gasteiger partial charge in [-0.05, 0) is 0 Å². The van der Waals surface area contributed by atoms with Gasteiger partial charge in [-0.15, -0.1) is 0 Å². The van der Waals surface area contributed by atoms with E-state index < -0.39 is 29.3 Å². The van der Waals surface area contributed by atoms with Gasteiger partial charge in [0.2, 0.25) is 0 Å². The first-order valence-electron chi connectivity index (χ1n) is 13.1. The third-order valence-electron chi connectivity index (χ3n) is 7.41. The number of hydrogen-bond acceptors (Lipinski definition) is 7. The summed E-state index contributed by atoms with van der Waals surface area (Å²) in [7, 11) is -4.87. The fourth-order valence-electron chi connectivity index (χ4n) is 5.69. The van der Waals surface area contributed by atoms with E-state index in [-0.39, 0.29) is 0 Å². The summed E-state index contributed by atoms with van der Waals surface area (Å²) in [6, 6.07) is 28.7. The Labute approximate surface area is 243 Å². The molecule has 0 N–H and O–H groups in total. The number of rotatable bonds is 9. The summed E-state index contributed by atoms with van der Waals surface area (Å²) in [5.74, 6) is 1.85. The van der Waals surface area contributed by atoms with Gasteiger partial charge in [0.25, 0.3) is 0 Å². The number of benzene rings is 3. The second-order valence-corrected chi connectivity index (χ2v) is 16.2. The zero-order chi connectivity index (χ0) is 28.5. The van der Waals surface area contributed by atoms with Crippen molar-refractivity contribution in [3.05, 3.63) is 126 Å². The van der Waals surface area contributed by atoms with E-state index in [4.69, 9.17) is 8.25 Å². The van der Waals surface area contributed by atoms with Crippen LogP contribution < -0.4 is 15.9 Å². The van der Waals surface area contributed by atoms with Gasteiger partial charge >= 0.3 is 244 Å². The molecule has 1 unspecified atom stereocenters. The van der Waals surface area contributed by atoms with E-state index in [1.807, 2.05) is 122 Å². The van der Waals surface area contributed by atoms with Gasteiger partial charge in [-0.3, -0.25) is 0 Å². The molecule has 41 heavy (non-hydrogen) atoms. The molecule has 2 amide bonds. The summed E-state index contributed by atoms with van der Waals surface area (Å²) in [5.41, 5.74) is 0.796. The predicted molar refractivity (Wildman–Crippen MR) is 164 cm³/mol. The first kappa shape index (κ1) is 27.5. The zero-order valence-electron chi connectivity index (χ0n) is 22.2. The second-order valence-electron chi connectivity index (χ2n) is 9.71. The quantitative estimate of drug-likeness (QED) is 0.254. The molecule has 4 aromatic rings. The van der Waals surface area contributed by atoms with Crippen LogP contribution in [-0.4, -0.2) is 47.9 Å². The minimum absolute atomic E-state index is 0.298. The molecule has 2 bridgehead atoms. The molecule has 210 valence electrons. The number of fused-ring (bicyclic) bond motifs is 2. The summed E-state index contributed by atoms with van der Waals surface area (Å²) >= 11 is 1.28. The molecule has 6 rings (SSSR count). The minimum atomic E-state index is -4.87. The second kappa shape index (κ2) is 10.6. The SMILES string of the molecule is CC=CP(OS(=O)(=O)ON1C(=O)N2CC=C(c3ccns3)C1C2)(c1ccccc1)(c1ccccc1)c1ccccc1. The first-order valence-corrected chi connectivity index (χ1v) is 17.4. The molecule has 0 aliphatic carbocycles. The maximum absolute atomic E-state index is 14.2. The van der Waals surface area contributed by atoms with Gasteiger partial charge < -0.3 is 0 Å². The van der Waals surface area contributed by atoms with Crippen LogP contribution in [0, 0.1) is 0 Å². The van der Waals surface area contributed by atoms with Crippen LogP contribution >= 0.6 is 18.4 Å². The third kappa shape index (κ3) is 4.52. The Balaban J connectivity index is 1.52. The van der Waals surface area contributed by atoms with E-state index in [9.17, 15) is 13.2 Å². The predicted octanol–water partition coefficient (Wildman–Crippen LogP) is 4.82. The topological polar surface area (TPSA) is 89.0 Å². The average molecular weight is 606 g/mol. The van der Waals surface area contributed by atoms with Crippen molar-refractivity contribution in [1.29, 1.82) is 0 Å². The van der Waals surface area contributed by atoms with Crippen molar-refractivity contribution >= 4 is 56.3 Å². The van der Waals surface area contributed by atoms with Crippen molar-refractivity contribution < 1.29 is 21.5 Å². The van der Waals surface area contributed by atoms with Gasteiger partial charge in [0, 0.05) is 0 Å². The third-order valence-corrected chi connectivity index (χ3v) is 15.4. The summed E-state index contributed by atoms with van der Waals surface area (Å²) in [6.45, 7) is -1.93. The number of aromatic nitrogens is 1. The van der Waals surface area contributed by atoms with E-state index in [0.717, 1.165) is 15.5 Å². The van der Waals surface area contributed by atoms with Crippen molar-refractivity contribution in [2.45, 2.75) is 13.0 Å². The van der Waals surface area contributed by atoms with E-state index >= 15 is 0 Å². The Morgan fingerprint density at radius 2 is 1.46 bits per heavy atom. The molecule has 1 atom stereocenters. The standard InChI is InChI=1S/C30H28N3O5PS2/c1-2-22-39(24-12-6-3-7-13-24,25-14-8-4-9-15-25,26-16-10-5-11-17-26)38-41(35,36)37-33-28-23-32(30(33)34)21-19-27(28)29-18-20-31-40-29/h2-20,22,28H,21,23H2,1H3. The monoisotopic (exact) mass is 605 g/mol. The van der Waals surface area contributed by atoms with Crippen LogP contribution in [0.15, 0.2) is 121 Å². The van der Waals surface area contributed by atoms with Crippen LogP contribution in [0.3, 0.4) is 0 Å². The molecule has 11 heteroatoms. The van der Waals surface area contributed by atoms with Gasteiger partial charge in [-0.2, -0.15) is 0 Å². The van der Waals surface area contributed by atoms with Crippen molar-refractivity contribution in [3.63, 3.8) is 0 Å². The fourth-order valence-corrected chi connectivity index (χ4v) is 13.9. The Morgan fingerprint density at radius 1 is 0.902 bits per heavy atom.